The van der Waals surface area contributed by atoms with Gasteiger partial charge in [0, 0.05) is 18.9 Å². The number of carbonyl (C=O) groups excluding carboxylic acids is 1. The topological polar surface area (TPSA) is 42.0 Å². The van der Waals surface area contributed by atoms with Crippen molar-refractivity contribution in [2.45, 2.75) is 51.5 Å². The van der Waals surface area contributed by atoms with E-state index in [4.69, 9.17) is 0 Å². The van der Waals surface area contributed by atoms with Gasteiger partial charge in [-0.3, -0.25) is 4.79 Å². The highest BCUT2D eigenvalue weighted by atomic mass is 32.1. The summed E-state index contributed by atoms with van der Waals surface area (Å²) in [5.41, 5.74) is 1.04. The number of nitrogens with zero attached hydrogens (tertiary/aromatic N) is 1. The Morgan fingerprint density at radius 1 is 1.33 bits per heavy atom. The first-order valence-corrected chi connectivity index (χ1v) is 8.68. The van der Waals surface area contributed by atoms with Gasteiger partial charge in [-0.2, -0.15) is 0 Å². The zero-order chi connectivity index (χ0) is 14.7. The minimum Gasteiger partial charge on any atom is -0.353 e. The molecule has 1 fully saturated rings. The van der Waals surface area contributed by atoms with E-state index in [9.17, 15) is 4.79 Å². The van der Waals surface area contributed by atoms with Crippen molar-refractivity contribution in [2.24, 2.45) is 5.92 Å². The third kappa shape index (κ3) is 3.62. The van der Waals surface area contributed by atoms with Crippen LogP contribution in [-0.4, -0.2) is 16.9 Å². The van der Waals surface area contributed by atoms with E-state index in [-0.39, 0.29) is 5.91 Å². The van der Waals surface area contributed by atoms with Gasteiger partial charge < -0.3 is 5.32 Å². The Kier molecular flexibility index (Phi) is 4.54. The second-order valence-corrected chi connectivity index (χ2v) is 7.13. The van der Waals surface area contributed by atoms with Crippen LogP contribution in [0.1, 0.15) is 44.0 Å². The summed E-state index contributed by atoms with van der Waals surface area (Å²) in [6.45, 7) is 2.25. The lowest BCUT2D eigenvalue weighted by Crippen LogP contribution is -2.41. The SMILES string of the molecule is CC1CCCCC1NC(=O)CCc1nc2ccccc2s1. The number of carbonyl (C=O) groups is 1. The summed E-state index contributed by atoms with van der Waals surface area (Å²) in [5.74, 6) is 0.790. The summed E-state index contributed by atoms with van der Waals surface area (Å²) in [6, 6.07) is 8.52. The van der Waals surface area contributed by atoms with Gasteiger partial charge in [0.15, 0.2) is 0 Å². The maximum absolute atomic E-state index is 12.1. The fraction of sp³-hybridized carbons (Fsp3) is 0.529. The molecule has 0 bridgehead atoms. The molecule has 2 unspecified atom stereocenters. The van der Waals surface area contributed by atoms with E-state index in [1.54, 1.807) is 11.3 Å². The Balaban J connectivity index is 1.53. The van der Waals surface area contributed by atoms with Gasteiger partial charge in [0.1, 0.15) is 0 Å². The molecule has 1 aromatic carbocycles. The van der Waals surface area contributed by atoms with Crippen LogP contribution in [0.3, 0.4) is 0 Å². The van der Waals surface area contributed by atoms with Crippen molar-refractivity contribution in [3.63, 3.8) is 0 Å². The molecule has 3 rings (SSSR count). The van der Waals surface area contributed by atoms with Crippen LogP contribution in [-0.2, 0) is 11.2 Å². The largest absolute Gasteiger partial charge is 0.353 e. The fourth-order valence-corrected chi connectivity index (χ4v) is 4.02. The van der Waals surface area contributed by atoms with Crippen LogP contribution in [0.5, 0.6) is 0 Å². The number of hydrogen-bond donors (Lipinski definition) is 1. The number of amides is 1. The minimum absolute atomic E-state index is 0.174. The van der Waals surface area contributed by atoms with Crippen molar-refractivity contribution >= 4 is 27.5 Å². The Hall–Kier alpha value is -1.42. The van der Waals surface area contributed by atoms with Crippen molar-refractivity contribution < 1.29 is 4.79 Å². The normalized spacial score (nSPS) is 22.3. The smallest absolute Gasteiger partial charge is 0.220 e. The third-order valence-electron chi connectivity index (χ3n) is 4.36. The molecule has 21 heavy (non-hydrogen) atoms. The van der Waals surface area contributed by atoms with Crippen LogP contribution in [0.2, 0.25) is 0 Å². The van der Waals surface area contributed by atoms with E-state index < -0.39 is 0 Å². The highest BCUT2D eigenvalue weighted by Gasteiger charge is 2.22. The van der Waals surface area contributed by atoms with Gasteiger partial charge >= 0.3 is 0 Å². The molecular formula is C17H22N2OS. The number of thiazole rings is 1. The third-order valence-corrected chi connectivity index (χ3v) is 5.46. The predicted molar refractivity (Wildman–Crippen MR) is 87.5 cm³/mol. The quantitative estimate of drug-likeness (QED) is 0.930. The monoisotopic (exact) mass is 302 g/mol. The Morgan fingerprint density at radius 3 is 2.95 bits per heavy atom. The summed E-state index contributed by atoms with van der Waals surface area (Å²) in [6.07, 6.45) is 6.21. The Bertz CT molecular complexity index is 589. The average molecular weight is 302 g/mol. The zero-order valence-corrected chi connectivity index (χ0v) is 13.3. The number of hydrogen-bond acceptors (Lipinski definition) is 3. The standard InChI is InChI=1S/C17H22N2OS/c1-12-6-2-3-7-13(12)18-16(20)10-11-17-19-14-8-4-5-9-15(14)21-17/h4-5,8-9,12-13H,2-3,6-7,10-11H2,1H3,(H,18,20). The first-order chi connectivity index (χ1) is 10.2. The van der Waals surface area contributed by atoms with Crippen LogP contribution in [0.4, 0.5) is 0 Å². The van der Waals surface area contributed by atoms with Gasteiger partial charge in [0.25, 0.3) is 0 Å². The molecule has 1 aliphatic carbocycles. The molecule has 0 aliphatic heterocycles. The van der Waals surface area contributed by atoms with E-state index >= 15 is 0 Å². The van der Waals surface area contributed by atoms with Crippen LogP contribution in [0, 0.1) is 5.92 Å². The van der Waals surface area contributed by atoms with Gasteiger partial charge in [0.05, 0.1) is 15.2 Å². The van der Waals surface area contributed by atoms with Gasteiger partial charge in [-0.15, -0.1) is 11.3 Å². The lowest BCUT2D eigenvalue weighted by atomic mass is 9.86. The summed E-state index contributed by atoms with van der Waals surface area (Å²) in [5, 5.41) is 4.27. The van der Waals surface area contributed by atoms with Gasteiger partial charge in [-0.05, 0) is 30.9 Å². The van der Waals surface area contributed by atoms with Gasteiger partial charge in [0.2, 0.25) is 5.91 Å². The predicted octanol–water partition coefficient (Wildman–Crippen LogP) is 3.92. The maximum Gasteiger partial charge on any atom is 0.220 e. The van der Waals surface area contributed by atoms with Crippen LogP contribution < -0.4 is 5.32 Å². The number of aryl methyl sites for hydroxylation is 1. The highest BCUT2D eigenvalue weighted by molar-refractivity contribution is 7.18. The van der Waals surface area contributed by atoms with E-state index in [1.807, 2.05) is 18.2 Å². The van der Waals surface area contributed by atoms with Crippen LogP contribution in [0.25, 0.3) is 10.2 Å². The molecule has 0 radical (unpaired) electrons. The molecule has 3 nitrogen and oxygen atoms in total. The molecule has 1 heterocycles. The second-order valence-electron chi connectivity index (χ2n) is 6.01. The maximum atomic E-state index is 12.1. The van der Waals surface area contributed by atoms with E-state index in [0.29, 0.717) is 18.4 Å². The zero-order valence-electron chi connectivity index (χ0n) is 12.5. The molecule has 1 aliphatic rings. The summed E-state index contributed by atoms with van der Waals surface area (Å²) in [7, 11) is 0. The molecule has 1 N–H and O–H groups in total. The minimum atomic E-state index is 0.174. The van der Waals surface area contributed by atoms with E-state index in [2.05, 4.69) is 23.3 Å². The summed E-state index contributed by atoms with van der Waals surface area (Å²) >= 11 is 1.69. The Labute approximate surface area is 129 Å². The number of benzene rings is 1. The number of rotatable bonds is 4. The van der Waals surface area contributed by atoms with Crippen LogP contribution in [0.15, 0.2) is 24.3 Å². The number of aromatic nitrogens is 1. The molecule has 4 heteroatoms. The molecule has 1 aromatic heterocycles. The van der Waals surface area contributed by atoms with Gasteiger partial charge in [-0.1, -0.05) is 31.9 Å². The van der Waals surface area contributed by atoms with E-state index in [0.717, 1.165) is 23.4 Å². The van der Waals surface area contributed by atoms with Gasteiger partial charge in [-0.25, -0.2) is 4.98 Å². The molecule has 1 amide bonds. The first kappa shape index (κ1) is 14.5. The van der Waals surface area contributed by atoms with Crippen LogP contribution >= 0.6 is 11.3 Å². The number of fused-ring (bicyclic) bond motifs is 1. The summed E-state index contributed by atoms with van der Waals surface area (Å²) in [4.78, 5) is 16.7. The highest BCUT2D eigenvalue weighted by Crippen LogP contribution is 2.24. The summed E-state index contributed by atoms with van der Waals surface area (Å²) < 4.78 is 1.20. The Morgan fingerprint density at radius 2 is 2.14 bits per heavy atom. The second kappa shape index (κ2) is 6.56. The average Bonchev–Trinajstić information content (AvgIpc) is 2.90. The van der Waals surface area contributed by atoms with Crippen molar-refractivity contribution in [2.75, 3.05) is 0 Å². The lowest BCUT2D eigenvalue weighted by Gasteiger charge is -2.29. The fourth-order valence-electron chi connectivity index (χ4n) is 3.06. The first-order valence-electron chi connectivity index (χ1n) is 7.86. The van der Waals surface area contributed by atoms with Crippen molar-refractivity contribution in [1.29, 1.82) is 0 Å². The lowest BCUT2D eigenvalue weighted by molar-refractivity contribution is -0.122. The number of para-hydroxylation sites is 1. The van der Waals surface area contributed by atoms with Crippen molar-refractivity contribution in [3.8, 4) is 0 Å². The van der Waals surface area contributed by atoms with E-state index in [1.165, 1.54) is 24.0 Å². The van der Waals surface area contributed by atoms with Crippen molar-refractivity contribution in [3.05, 3.63) is 29.3 Å². The molecule has 0 spiro atoms. The molecule has 2 atom stereocenters. The molecule has 2 aromatic rings. The molecular weight excluding hydrogens is 280 g/mol. The molecule has 112 valence electrons. The molecule has 0 saturated heterocycles. The number of nitrogens with one attached hydrogen (secondary N) is 1. The van der Waals surface area contributed by atoms with Crippen molar-refractivity contribution in [1.82, 2.24) is 10.3 Å². The molecule has 1 saturated carbocycles.